The minimum absolute atomic E-state index is 0.507. The van der Waals surface area contributed by atoms with Crippen LogP contribution in [0, 0.1) is 11.8 Å². The van der Waals surface area contributed by atoms with Gasteiger partial charge in [0.15, 0.2) is 0 Å². The van der Waals surface area contributed by atoms with Crippen molar-refractivity contribution in [2.75, 3.05) is 20.6 Å². The van der Waals surface area contributed by atoms with E-state index in [1.165, 1.54) is 38.5 Å². The molecule has 0 aromatic heterocycles. The molecule has 3 heteroatoms. The van der Waals surface area contributed by atoms with Crippen LogP contribution >= 0.6 is 0 Å². The molecule has 0 amide bonds. The molecule has 16 heavy (non-hydrogen) atoms. The van der Waals surface area contributed by atoms with Crippen LogP contribution in [0.15, 0.2) is 0 Å². The van der Waals surface area contributed by atoms with Crippen LogP contribution in [0.1, 0.15) is 45.4 Å². The third-order valence-corrected chi connectivity index (χ3v) is 4.11. The van der Waals surface area contributed by atoms with Crippen molar-refractivity contribution in [1.29, 1.82) is 0 Å². The van der Waals surface area contributed by atoms with E-state index in [0.29, 0.717) is 6.04 Å². The standard InChI is InChI=1S/C13H29N3/c1-4-11-7-5-6-8-12(11)13(15-14)9-10-16(2)3/h11-13,15H,4-10,14H2,1-3H3. The number of nitrogens with zero attached hydrogens (tertiary/aromatic N) is 1. The molecule has 3 nitrogen and oxygen atoms in total. The van der Waals surface area contributed by atoms with Gasteiger partial charge in [-0.2, -0.15) is 0 Å². The summed E-state index contributed by atoms with van der Waals surface area (Å²) < 4.78 is 0. The average Bonchev–Trinajstić information content (AvgIpc) is 2.30. The van der Waals surface area contributed by atoms with Crippen LogP contribution in [0.3, 0.4) is 0 Å². The number of hydrogen-bond acceptors (Lipinski definition) is 3. The summed E-state index contributed by atoms with van der Waals surface area (Å²) in [7, 11) is 4.26. The minimum atomic E-state index is 0.507. The van der Waals surface area contributed by atoms with E-state index in [9.17, 15) is 0 Å². The first-order valence-electron chi connectivity index (χ1n) is 6.79. The zero-order valence-electron chi connectivity index (χ0n) is 11.2. The van der Waals surface area contributed by atoms with Gasteiger partial charge in [0, 0.05) is 6.04 Å². The molecule has 0 bridgehead atoms. The van der Waals surface area contributed by atoms with Crippen molar-refractivity contribution in [3.63, 3.8) is 0 Å². The van der Waals surface area contributed by atoms with Gasteiger partial charge in [-0.3, -0.25) is 11.3 Å². The van der Waals surface area contributed by atoms with Gasteiger partial charge in [-0.1, -0.05) is 32.6 Å². The molecule has 96 valence electrons. The second-order valence-electron chi connectivity index (χ2n) is 5.48. The molecule has 3 N–H and O–H groups in total. The van der Waals surface area contributed by atoms with Gasteiger partial charge >= 0.3 is 0 Å². The molecule has 0 heterocycles. The van der Waals surface area contributed by atoms with Crippen LogP contribution in [0.4, 0.5) is 0 Å². The van der Waals surface area contributed by atoms with Crippen molar-refractivity contribution in [2.45, 2.75) is 51.5 Å². The van der Waals surface area contributed by atoms with E-state index in [4.69, 9.17) is 5.84 Å². The molecule has 3 unspecified atom stereocenters. The predicted molar refractivity (Wildman–Crippen MR) is 70.0 cm³/mol. The zero-order valence-corrected chi connectivity index (χ0v) is 11.2. The Kier molecular flexibility index (Phi) is 6.32. The van der Waals surface area contributed by atoms with Gasteiger partial charge in [0.25, 0.3) is 0 Å². The fourth-order valence-electron chi connectivity index (χ4n) is 3.09. The van der Waals surface area contributed by atoms with E-state index in [1.807, 2.05) is 0 Å². The van der Waals surface area contributed by atoms with Crippen LogP contribution in [0.25, 0.3) is 0 Å². The summed E-state index contributed by atoms with van der Waals surface area (Å²) in [6.45, 7) is 3.45. The van der Waals surface area contributed by atoms with Crippen LogP contribution < -0.4 is 11.3 Å². The second kappa shape index (κ2) is 7.25. The Hall–Kier alpha value is -0.120. The Morgan fingerprint density at radius 3 is 2.56 bits per heavy atom. The third-order valence-electron chi connectivity index (χ3n) is 4.11. The van der Waals surface area contributed by atoms with Crippen molar-refractivity contribution in [3.8, 4) is 0 Å². The van der Waals surface area contributed by atoms with Gasteiger partial charge in [0.2, 0.25) is 0 Å². The quantitative estimate of drug-likeness (QED) is 0.538. The Bertz CT molecular complexity index is 182. The van der Waals surface area contributed by atoms with Crippen LogP contribution in [-0.2, 0) is 0 Å². The monoisotopic (exact) mass is 227 g/mol. The van der Waals surface area contributed by atoms with Gasteiger partial charge in [-0.25, -0.2) is 0 Å². The van der Waals surface area contributed by atoms with E-state index >= 15 is 0 Å². The molecule has 0 aliphatic heterocycles. The van der Waals surface area contributed by atoms with Gasteiger partial charge in [0.05, 0.1) is 0 Å². The summed E-state index contributed by atoms with van der Waals surface area (Å²) in [5.74, 6) is 7.42. The first kappa shape index (κ1) is 13.9. The predicted octanol–water partition coefficient (Wildman–Crippen LogP) is 1.99. The zero-order chi connectivity index (χ0) is 12.0. The number of nitrogens with two attached hydrogens (primary N) is 1. The summed E-state index contributed by atoms with van der Waals surface area (Å²) in [4.78, 5) is 2.24. The number of rotatable bonds is 6. The second-order valence-corrected chi connectivity index (χ2v) is 5.48. The highest BCUT2D eigenvalue weighted by molar-refractivity contribution is 4.83. The van der Waals surface area contributed by atoms with Crippen LogP contribution in [0.5, 0.6) is 0 Å². The third kappa shape index (κ3) is 4.04. The molecule has 3 atom stereocenters. The SMILES string of the molecule is CCC1CCCCC1C(CCN(C)C)NN. The normalized spacial score (nSPS) is 28.3. The van der Waals surface area contributed by atoms with Gasteiger partial charge in [0.1, 0.15) is 0 Å². The van der Waals surface area contributed by atoms with Crippen LogP contribution in [-0.4, -0.2) is 31.6 Å². The van der Waals surface area contributed by atoms with Crippen molar-refractivity contribution in [2.24, 2.45) is 17.7 Å². The van der Waals surface area contributed by atoms with E-state index in [-0.39, 0.29) is 0 Å². The fourth-order valence-corrected chi connectivity index (χ4v) is 3.09. The maximum Gasteiger partial charge on any atom is 0.0253 e. The molecule has 1 fully saturated rings. The summed E-state index contributed by atoms with van der Waals surface area (Å²) in [6.07, 6.45) is 8.05. The van der Waals surface area contributed by atoms with Gasteiger partial charge in [-0.15, -0.1) is 0 Å². The van der Waals surface area contributed by atoms with Gasteiger partial charge < -0.3 is 4.90 Å². The summed E-state index contributed by atoms with van der Waals surface area (Å²) in [5, 5.41) is 0. The minimum Gasteiger partial charge on any atom is -0.309 e. The Morgan fingerprint density at radius 1 is 1.31 bits per heavy atom. The molecule has 1 aliphatic rings. The molecule has 1 saturated carbocycles. The molecule has 0 radical (unpaired) electrons. The molecule has 1 aliphatic carbocycles. The lowest BCUT2D eigenvalue weighted by molar-refractivity contribution is 0.162. The number of nitrogens with one attached hydrogen (secondary N) is 1. The highest BCUT2D eigenvalue weighted by Crippen LogP contribution is 2.35. The maximum atomic E-state index is 5.74. The molecule has 0 spiro atoms. The van der Waals surface area contributed by atoms with E-state index in [1.54, 1.807) is 0 Å². The first-order chi connectivity index (χ1) is 7.69. The highest BCUT2D eigenvalue weighted by atomic mass is 15.2. The molecular weight excluding hydrogens is 198 g/mol. The smallest absolute Gasteiger partial charge is 0.0253 e. The van der Waals surface area contributed by atoms with E-state index in [2.05, 4.69) is 31.3 Å². The van der Waals surface area contributed by atoms with Crippen molar-refractivity contribution >= 4 is 0 Å². The molecule has 0 aromatic rings. The largest absolute Gasteiger partial charge is 0.309 e. The van der Waals surface area contributed by atoms with E-state index < -0.39 is 0 Å². The lowest BCUT2D eigenvalue weighted by Gasteiger charge is -2.37. The first-order valence-corrected chi connectivity index (χ1v) is 6.79. The fraction of sp³-hybridized carbons (Fsp3) is 1.00. The van der Waals surface area contributed by atoms with Crippen molar-refractivity contribution < 1.29 is 0 Å². The molecule has 0 aromatic carbocycles. The average molecular weight is 227 g/mol. The summed E-state index contributed by atoms with van der Waals surface area (Å²) >= 11 is 0. The summed E-state index contributed by atoms with van der Waals surface area (Å²) in [5.41, 5.74) is 3.06. The topological polar surface area (TPSA) is 41.3 Å². The summed E-state index contributed by atoms with van der Waals surface area (Å²) in [6, 6.07) is 0.507. The van der Waals surface area contributed by atoms with Crippen LogP contribution in [0.2, 0.25) is 0 Å². The molecular formula is C13H29N3. The van der Waals surface area contributed by atoms with Crippen molar-refractivity contribution in [1.82, 2.24) is 10.3 Å². The van der Waals surface area contributed by atoms with Crippen molar-refractivity contribution in [3.05, 3.63) is 0 Å². The Balaban J connectivity index is 2.48. The van der Waals surface area contributed by atoms with Gasteiger partial charge in [-0.05, 0) is 45.3 Å². The molecule has 1 rings (SSSR count). The Labute approximate surface area is 101 Å². The maximum absolute atomic E-state index is 5.74. The number of hydrazine groups is 1. The number of hydrogen-bond donors (Lipinski definition) is 2. The highest BCUT2D eigenvalue weighted by Gasteiger charge is 2.29. The Morgan fingerprint density at radius 2 is 2.00 bits per heavy atom. The lowest BCUT2D eigenvalue weighted by atomic mass is 9.73. The molecule has 0 saturated heterocycles. The van der Waals surface area contributed by atoms with E-state index in [0.717, 1.165) is 18.4 Å². The lowest BCUT2D eigenvalue weighted by Crippen LogP contribution is -2.46.